The second kappa shape index (κ2) is 9.51. The normalized spacial score (nSPS) is 11.8. The van der Waals surface area contributed by atoms with Gasteiger partial charge < -0.3 is 9.47 Å². The van der Waals surface area contributed by atoms with Gasteiger partial charge in [0.25, 0.3) is 0 Å². The molecule has 31 heavy (non-hydrogen) atoms. The molecule has 0 saturated carbocycles. The van der Waals surface area contributed by atoms with E-state index in [0.717, 1.165) is 5.56 Å². The van der Waals surface area contributed by atoms with E-state index in [2.05, 4.69) is 4.72 Å². The summed E-state index contributed by atoms with van der Waals surface area (Å²) in [5.74, 6) is 1.21. The minimum absolute atomic E-state index is 0.0842. The maximum Gasteiger partial charge on any atom is 0.240 e. The first-order valence-corrected chi connectivity index (χ1v) is 12.3. The monoisotopic (exact) mass is 461 g/mol. The fraction of sp³-hybridized carbons (Fsp3) is 0.182. The molecule has 0 amide bonds. The van der Waals surface area contributed by atoms with Gasteiger partial charge in [-0.3, -0.25) is 0 Å². The van der Waals surface area contributed by atoms with Gasteiger partial charge >= 0.3 is 0 Å². The molecule has 3 aromatic rings. The Morgan fingerprint density at radius 1 is 0.710 bits per heavy atom. The minimum atomic E-state index is -3.90. The van der Waals surface area contributed by atoms with Crippen LogP contribution in [0.4, 0.5) is 0 Å². The number of methoxy groups -OCH3 is 2. The maximum atomic E-state index is 12.8. The number of sulfone groups is 1. The van der Waals surface area contributed by atoms with Crippen molar-refractivity contribution in [1.29, 1.82) is 0 Å². The van der Waals surface area contributed by atoms with E-state index < -0.39 is 19.9 Å². The summed E-state index contributed by atoms with van der Waals surface area (Å²) in [4.78, 5) is -0.101. The highest BCUT2D eigenvalue weighted by Gasteiger charge is 2.21. The van der Waals surface area contributed by atoms with Gasteiger partial charge in [-0.05, 0) is 54.4 Å². The third kappa shape index (κ3) is 5.43. The lowest BCUT2D eigenvalue weighted by atomic mass is 10.1. The zero-order chi connectivity index (χ0) is 22.5. The molecule has 164 valence electrons. The largest absolute Gasteiger partial charge is 0.497 e. The van der Waals surface area contributed by atoms with Gasteiger partial charge in [-0.2, -0.15) is 0 Å². The molecule has 0 aliphatic carbocycles. The highest BCUT2D eigenvalue weighted by molar-refractivity contribution is 7.91. The van der Waals surface area contributed by atoms with Crippen molar-refractivity contribution in [1.82, 2.24) is 4.72 Å². The Kier molecular flexibility index (Phi) is 6.99. The van der Waals surface area contributed by atoms with Gasteiger partial charge in [0.05, 0.1) is 28.9 Å². The Labute approximate surface area is 182 Å². The second-order valence-corrected chi connectivity index (χ2v) is 10.4. The average molecular weight is 462 g/mol. The van der Waals surface area contributed by atoms with Crippen molar-refractivity contribution in [3.05, 3.63) is 78.4 Å². The summed E-state index contributed by atoms with van der Waals surface area (Å²) in [6.07, 6.45) is 0.398. The molecule has 3 aromatic carbocycles. The summed E-state index contributed by atoms with van der Waals surface area (Å²) in [5.41, 5.74) is 0.833. The van der Waals surface area contributed by atoms with E-state index >= 15 is 0 Å². The molecule has 7 nitrogen and oxygen atoms in total. The fourth-order valence-electron chi connectivity index (χ4n) is 2.97. The highest BCUT2D eigenvalue weighted by Crippen LogP contribution is 2.24. The van der Waals surface area contributed by atoms with Crippen molar-refractivity contribution in [3.8, 4) is 11.5 Å². The van der Waals surface area contributed by atoms with E-state index in [1.165, 1.54) is 50.6 Å². The zero-order valence-electron chi connectivity index (χ0n) is 17.1. The number of sulfonamides is 1. The number of hydrogen-bond acceptors (Lipinski definition) is 6. The van der Waals surface area contributed by atoms with Crippen LogP contribution in [0.25, 0.3) is 0 Å². The van der Waals surface area contributed by atoms with E-state index in [0.29, 0.717) is 17.9 Å². The molecule has 0 unspecified atom stereocenters. The molecule has 0 aliphatic rings. The van der Waals surface area contributed by atoms with E-state index in [1.807, 2.05) is 0 Å². The Morgan fingerprint density at radius 3 is 1.90 bits per heavy atom. The van der Waals surface area contributed by atoms with E-state index in [9.17, 15) is 16.8 Å². The number of benzene rings is 3. The SMILES string of the molecule is COc1cc(CCNS(=O)(=O)c2cccc(S(=O)(=O)c3ccccc3)c2)cc(OC)c1. The Hall–Kier alpha value is -2.88. The van der Waals surface area contributed by atoms with Crippen molar-refractivity contribution < 1.29 is 26.3 Å². The third-order valence-corrected chi connectivity index (χ3v) is 7.82. The lowest BCUT2D eigenvalue weighted by Crippen LogP contribution is -2.26. The summed E-state index contributed by atoms with van der Waals surface area (Å²) in [6, 6.07) is 18.5. The van der Waals surface area contributed by atoms with Gasteiger partial charge in [-0.25, -0.2) is 21.6 Å². The van der Waals surface area contributed by atoms with Crippen LogP contribution in [-0.2, 0) is 26.3 Å². The molecule has 0 atom stereocenters. The van der Waals surface area contributed by atoms with Crippen LogP contribution in [0, 0.1) is 0 Å². The molecular weight excluding hydrogens is 438 g/mol. The number of rotatable bonds is 9. The Balaban J connectivity index is 1.77. The first-order valence-electron chi connectivity index (χ1n) is 9.38. The van der Waals surface area contributed by atoms with Gasteiger partial charge in [-0.1, -0.05) is 24.3 Å². The summed E-state index contributed by atoms with van der Waals surface area (Å²) in [6.45, 7) is 0.119. The van der Waals surface area contributed by atoms with Crippen LogP contribution in [0.2, 0.25) is 0 Å². The first kappa shape index (κ1) is 22.8. The topological polar surface area (TPSA) is 98.8 Å². The molecule has 0 aromatic heterocycles. The molecule has 9 heteroatoms. The maximum absolute atomic E-state index is 12.8. The summed E-state index contributed by atoms with van der Waals surface area (Å²) < 4.78 is 64.0. The minimum Gasteiger partial charge on any atom is -0.497 e. The van der Waals surface area contributed by atoms with Crippen LogP contribution >= 0.6 is 0 Å². The van der Waals surface area contributed by atoms with E-state index in [4.69, 9.17) is 9.47 Å². The third-order valence-electron chi connectivity index (χ3n) is 4.60. The molecule has 3 rings (SSSR count). The fourth-order valence-corrected chi connectivity index (χ4v) is 5.45. The van der Waals surface area contributed by atoms with Crippen molar-refractivity contribution >= 4 is 19.9 Å². The lowest BCUT2D eigenvalue weighted by Gasteiger charge is -2.11. The molecular formula is C22H23NO6S2. The van der Waals surface area contributed by atoms with Crippen LogP contribution in [0.3, 0.4) is 0 Å². The van der Waals surface area contributed by atoms with Gasteiger partial charge in [-0.15, -0.1) is 0 Å². The molecule has 1 N–H and O–H groups in total. The van der Waals surface area contributed by atoms with Gasteiger partial charge in [0.2, 0.25) is 19.9 Å². The molecule has 0 spiro atoms. The number of nitrogens with one attached hydrogen (secondary N) is 1. The summed E-state index contributed by atoms with van der Waals surface area (Å²) in [7, 11) is -4.65. The molecule has 0 bridgehead atoms. The summed E-state index contributed by atoms with van der Waals surface area (Å²) >= 11 is 0. The predicted octanol–water partition coefficient (Wildman–Crippen LogP) is 3.06. The number of hydrogen-bond donors (Lipinski definition) is 1. The number of ether oxygens (including phenoxy) is 2. The predicted molar refractivity (Wildman–Crippen MR) is 117 cm³/mol. The Morgan fingerprint density at radius 2 is 1.29 bits per heavy atom. The summed E-state index contributed by atoms with van der Waals surface area (Å²) in [5, 5.41) is 0. The van der Waals surface area contributed by atoms with Crippen LogP contribution in [0.1, 0.15) is 5.56 Å². The smallest absolute Gasteiger partial charge is 0.240 e. The molecule has 0 saturated heterocycles. The van der Waals surface area contributed by atoms with Crippen molar-refractivity contribution in [3.63, 3.8) is 0 Å². The average Bonchev–Trinajstić information content (AvgIpc) is 2.79. The lowest BCUT2D eigenvalue weighted by molar-refractivity contribution is 0.393. The highest BCUT2D eigenvalue weighted by atomic mass is 32.2. The molecule has 0 heterocycles. The van der Waals surface area contributed by atoms with Crippen molar-refractivity contribution in [2.45, 2.75) is 21.1 Å². The quantitative estimate of drug-likeness (QED) is 0.526. The second-order valence-electron chi connectivity index (χ2n) is 6.66. The standard InChI is InChI=1S/C22H23NO6S2/c1-28-18-13-17(14-19(15-18)29-2)11-12-23-31(26,27)22-10-6-9-21(16-22)30(24,25)20-7-4-3-5-8-20/h3-10,13-16,23H,11-12H2,1-2H3. The van der Waals surface area contributed by atoms with Crippen molar-refractivity contribution in [2.24, 2.45) is 0 Å². The van der Waals surface area contributed by atoms with Crippen LogP contribution in [0.5, 0.6) is 11.5 Å². The zero-order valence-corrected chi connectivity index (χ0v) is 18.7. The van der Waals surface area contributed by atoms with Crippen LogP contribution in [-0.4, -0.2) is 37.6 Å². The van der Waals surface area contributed by atoms with Crippen LogP contribution < -0.4 is 14.2 Å². The van der Waals surface area contributed by atoms with Crippen molar-refractivity contribution in [2.75, 3.05) is 20.8 Å². The van der Waals surface area contributed by atoms with Gasteiger partial charge in [0.15, 0.2) is 0 Å². The van der Waals surface area contributed by atoms with E-state index in [1.54, 1.807) is 36.4 Å². The Bertz CT molecular complexity index is 1230. The molecule has 0 radical (unpaired) electrons. The molecule has 0 fully saturated rings. The molecule has 0 aliphatic heterocycles. The van der Waals surface area contributed by atoms with Gasteiger partial charge in [0.1, 0.15) is 11.5 Å². The van der Waals surface area contributed by atoms with Crippen LogP contribution in [0.15, 0.2) is 87.5 Å². The first-order chi connectivity index (χ1) is 14.8. The van der Waals surface area contributed by atoms with Gasteiger partial charge in [0, 0.05) is 12.6 Å². The van der Waals surface area contributed by atoms with E-state index in [-0.39, 0.29) is 21.2 Å².